The normalized spacial score (nSPS) is 12.6. The fourth-order valence-corrected chi connectivity index (χ4v) is 10.9. The minimum atomic E-state index is -0.466. The van der Waals surface area contributed by atoms with Crippen molar-refractivity contribution in [3.63, 3.8) is 0 Å². The van der Waals surface area contributed by atoms with E-state index in [9.17, 15) is 0 Å². The Morgan fingerprint density at radius 3 is 1.58 bits per heavy atom. The van der Waals surface area contributed by atoms with E-state index in [0.29, 0.717) is 5.82 Å². The first-order valence-electron chi connectivity index (χ1n) is 21.1. The fourth-order valence-electron chi connectivity index (χ4n) is 9.80. The second kappa shape index (κ2) is 14.8. The van der Waals surface area contributed by atoms with Crippen molar-refractivity contribution in [2.24, 2.45) is 0 Å². The van der Waals surface area contributed by atoms with Crippen LogP contribution in [0.25, 0.3) is 87.5 Å². The van der Waals surface area contributed by atoms with Crippen molar-refractivity contribution < 1.29 is 0 Å². The molecular formula is C59H38N2S. The van der Waals surface area contributed by atoms with Crippen LogP contribution in [0.1, 0.15) is 22.3 Å². The van der Waals surface area contributed by atoms with Gasteiger partial charge in [0.05, 0.1) is 16.8 Å². The Kier molecular flexibility index (Phi) is 8.62. The molecular weight excluding hydrogens is 769 g/mol. The van der Waals surface area contributed by atoms with Crippen LogP contribution in [0.3, 0.4) is 0 Å². The van der Waals surface area contributed by atoms with Crippen LogP contribution in [0.15, 0.2) is 231 Å². The molecule has 0 spiro atoms. The van der Waals surface area contributed by atoms with Gasteiger partial charge in [-0.25, -0.2) is 9.97 Å². The number of hydrogen-bond donors (Lipinski definition) is 0. The van der Waals surface area contributed by atoms with Crippen LogP contribution in [0, 0.1) is 0 Å². The molecule has 0 radical (unpaired) electrons. The van der Waals surface area contributed by atoms with E-state index in [4.69, 9.17) is 9.97 Å². The number of nitrogens with zero attached hydrogens (tertiary/aromatic N) is 2. The first kappa shape index (κ1) is 36.2. The van der Waals surface area contributed by atoms with Crippen LogP contribution in [0.2, 0.25) is 0 Å². The van der Waals surface area contributed by atoms with E-state index < -0.39 is 5.41 Å². The summed E-state index contributed by atoms with van der Waals surface area (Å²) >= 11 is 1.85. The molecule has 3 heteroatoms. The van der Waals surface area contributed by atoms with Crippen molar-refractivity contribution >= 4 is 31.5 Å². The quantitative estimate of drug-likeness (QED) is 0.160. The molecule has 1 aliphatic rings. The summed E-state index contributed by atoms with van der Waals surface area (Å²) in [5.74, 6) is 0.700. The number of fused-ring (bicyclic) bond motifs is 6. The lowest BCUT2D eigenvalue weighted by Crippen LogP contribution is -2.28. The smallest absolute Gasteiger partial charge is 0.160 e. The first-order chi connectivity index (χ1) is 30.7. The topological polar surface area (TPSA) is 25.8 Å². The highest BCUT2D eigenvalue weighted by Gasteiger charge is 2.46. The van der Waals surface area contributed by atoms with Crippen molar-refractivity contribution in [1.82, 2.24) is 9.97 Å². The molecule has 0 saturated carbocycles. The van der Waals surface area contributed by atoms with Gasteiger partial charge in [-0.1, -0.05) is 200 Å². The van der Waals surface area contributed by atoms with Crippen LogP contribution in [-0.4, -0.2) is 9.97 Å². The highest BCUT2D eigenvalue weighted by molar-refractivity contribution is 7.25. The van der Waals surface area contributed by atoms with E-state index >= 15 is 0 Å². The third-order valence-corrected chi connectivity index (χ3v) is 13.7. The standard InChI is InChI=1S/C59H38N2S/c1-4-17-39(18-5-1)58-60-53(43-21-14-19-40(35-43)41-33-34-49-48-27-11-13-32-55(48)62-56(49)37-41)38-54(61-58)44-22-15-20-42(36-44)47-29-16-31-52-57(47)50-28-10-12-30-51(50)59(52,45-23-6-2-7-24-45)46-25-8-3-9-26-46/h1-38H. The van der Waals surface area contributed by atoms with E-state index in [-0.39, 0.29) is 0 Å². The third kappa shape index (κ3) is 5.85. The van der Waals surface area contributed by atoms with Crippen molar-refractivity contribution in [2.45, 2.75) is 5.41 Å². The first-order valence-corrected chi connectivity index (χ1v) is 22.0. The minimum absolute atomic E-state index is 0.466. The van der Waals surface area contributed by atoms with E-state index in [2.05, 4.69) is 224 Å². The zero-order valence-electron chi connectivity index (χ0n) is 33.7. The van der Waals surface area contributed by atoms with Gasteiger partial charge in [-0.15, -0.1) is 11.3 Å². The van der Waals surface area contributed by atoms with E-state index in [1.165, 1.54) is 64.7 Å². The summed E-state index contributed by atoms with van der Waals surface area (Å²) in [5.41, 5.74) is 16.7. The molecule has 0 amide bonds. The van der Waals surface area contributed by atoms with Crippen molar-refractivity contribution in [3.8, 4) is 67.3 Å². The molecule has 0 atom stereocenters. The molecule has 62 heavy (non-hydrogen) atoms. The van der Waals surface area contributed by atoms with E-state index in [1.54, 1.807) is 0 Å². The molecule has 9 aromatic carbocycles. The number of benzene rings is 9. The fraction of sp³-hybridized carbons (Fsp3) is 0.0169. The molecule has 1 aliphatic carbocycles. The lowest BCUT2D eigenvalue weighted by atomic mass is 9.67. The molecule has 0 fully saturated rings. The molecule has 11 aromatic rings. The van der Waals surface area contributed by atoms with Crippen LogP contribution in [0.4, 0.5) is 0 Å². The highest BCUT2D eigenvalue weighted by Crippen LogP contribution is 2.58. The van der Waals surface area contributed by atoms with Gasteiger partial charge in [-0.3, -0.25) is 0 Å². The lowest BCUT2D eigenvalue weighted by Gasteiger charge is -2.34. The Bertz CT molecular complexity index is 3420. The average Bonchev–Trinajstić information content (AvgIpc) is 3.88. The summed E-state index contributed by atoms with van der Waals surface area (Å²) in [6.45, 7) is 0. The van der Waals surface area contributed by atoms with Gasteiger partial charge in [-0.05, 0) is 86.0 Å². The minimum Gasteiger partial charge on any atom is -0.228 e. The van der Waals surface area contributed by atoms with Crippen molar-refractivity contribution in [2.75, 3.05) is 0 Å². The Morgan fingerprint density at radius 1 is 0.323 bits per heavy atom. The molecule has 2 nitrogen and oxygen atoms in total. The third-order valence-electron chi connectivity index (χ3n) is 12.6. The summed E-state index contributed by atoms with van der Waals surface area (Å²) in [7, 11) is 0. The van der Waals surface area contributed by atoms with Crippen LogP contribution < -0.4 is 0 Å². The molecule has 0 N–H and O–H groups in total. The molecule has 2 aromatic heterocycles. The van der Waals surface area contributed by atoms with Gasteiger partial charge in [0, 0.05) is 36.9 Å². The van der Waals surface area contributed by atoms with Crippen molar-refractivity contribution in [1.29, 1.82) is 0 Å². The predicted molar refractivity (Wildman–Crippen MR) is 259 cm³/mol. The summed E-state index contributed by atoms with van der Waals surface area (Å²) in [6.07, 6.45) is 0. The van der Waals surface area contributed by atoms with Crippen LogP contribution >= 0.6 is 11.3 Å². The molecule has 290 valence electrons. The van der Waals surface area contributed by atoms with Gasteiger partial charge in [0.25, 0.3) is 0 Å². The number of hydrogen-bond acceptors (Lipinski definition) is 3. The van der Waals surface area contributed by atoms with Gasteiger partial charge in [0.1, 0.15) is 0 Å². The Labute approximate surface area is 365 Å². The molecule has 0 aliphatic heterocycles. The number of aromatic nitrogens is 2. The highest BCUT2D eigenvalue weighted by atomic mass is 32.1. The maximum Gasteiger partial charge on any atom is 0.160 e. The van der Waals surface area contributed by atoms with Gasteiger partial charge < -0.3 is 0 Å². The summed E-state index contributed by atoms with van der Waals surface area (Å²) < 4.78 is 2.61. The predicted octanol–water partition coefficient (Wildman–Crippen LogP) is 15.5. The average molecular weight is 807 g/mol. The Morgan fingerprint density at radius 2 is 0.839 bits per heavy atom. The molecule has 0 bridgehead atoms. The zero-order valence-corrected chi connectivity index (χ0v) is 34.6. The van der Waals surface area contributed by atoms with Gasteiger partial charge in [-0.2, -0.15) is 0 Å². The molecule has 12 rings (SSSR count). The Hall–Kier alpha value is -7.72. The molecule has 2 heterocycles. The van der Waals surface area contributed by atoms with E-state index in [0.717, 1.165) is 39.2 Å². The second-order valence-corrected chi connectivity index (χ2v) is 17.1. The largest absolute Gasteiger partial charge is 0.228 e. The maximum absolute atomic E-state index is 5.27. The Balaban J connectivity index is 0.999. The number of thiophene rings is 1. The van der Waals surface area contributed by atoms with Crippen molar-refractivity contribution in [3.05, 3.63) is 253 Å². The van der Waals surface area contributed by atoms with E-state index in [1.807, 2.05) is 17.4 Å². The second-order valence-electron chi connectivity index (χ2n) is 16.1. The summed E-state index contributed by atoms with van der Waals surface area (Å²) in [5, 5.41) is 2.62. The number of rotatable bonds is 7. The van der Waals surface area contributed by atoms with Gasteiger partial charge in [0.2, 0.25) is 0 Å². The lowest BCUT2D eigenvalue weighted by molar-refractivity contribution is 0.768. The molecule has 0 unspecified atom stereocenters. The zero-order chi connectivity index (χ0) is 41.0. The summed E-state index contributed by atoms with van der Waals surface area (Å²) in [4.78, 5) is 10.5. The van der Waals surface area contributed by atoms with Gasteiger partial charge in [0.15, 0.2) is 5.82 Å². The summed E-state index contributed by atoms with van der Waals surface area (Å²) in [6, 6.07) is 83.4. The maximum atomic E-state index is 5.27. The van der Waals surface area contributed by atoms with Gasteiger partial charge >= 0.3 is 0 Å². The SMILES string of the molecule is c1ccc(-c2nc(-c3cccc(-c4ccc5c(c4)sc4ccccc45)c3)cc(-c3cccc(-c4cccc5c4-c4ccccc4C5(c4ccccc4)c4ccccc4)c3)n2)cc1. The van der Waals surface area contributed by atoms with Crippen LogP contribution in [-0.2, 0) is 5.41 Å². The van der Waals surface area contributed by atoms with Crippen LogP contribution in [0.5, 0.6) is 0 Å². The molecule has 0 saturated heterocycles. The monoisotopic (exact) mass is 806 g/mol.